The van der Waals surface area contributed by atoms with Crippen molar-refractivity contribution in [3.8, 4) is 11.4 Å². The Bertz CT molecular complexity index is 1070. The smallest absolute Gasteiger partial charge is 0.162 e. The number of fused-ring (bicyclic) bond motifs is 1. The molecule has 0 unspecified atom stereocenters. The molecule has 0 spiro atoms. The van der Waals surface area contributed by atoms with Gasteiger partial charge in [0.2, 0.25) is 0 Å². The Morgan fingerprint density at radius 1 is 1.04 bits per heavy atom. The molecule has 0 saturated carbocycles. The van der Waals surface area contributed by atoms with Crippen LogP contribution in [0.3, 0.4) is 0 Å². The minimum atomic E-state index is -0.0610. The Balaban J connectivity index is 1.62. The van der Waals surface area contributed by atoms with E-state index in [2.05, 4.69) is 32.4 Å². The first-order valence-corrected chi connectivity index (χ1v) is 9.34. The van der Waals surface area contributed by atoms with Gasteiger partial charge in [-0.3, -0.25) is 4.98 Å². The molecule has 6 nitrogen and oxygen atoms in total. The van der Waals surface area contributed by atoms with Gasteiger partial charge in [-0.05, 0) is 30.2 Å². The molecule has 4 aromatic rings. The molecule has 1 atom stereocenters. The van der Waals surface area contributed by atoms with Crippen molar-refractivity contribution in [1.82, 2.24) is 19.9 Å². The molecule has 0 fully saturated rings. The molecular formula is C21H19ClN6. The number of halogens is 1. The zero-order chi connectivity index (χ0) is 19.3. The van der Waals surface area contributed by atoms with E-state index in [1.807, 2.05) is 30.3 Å². The lowest BCUT2D eigenvalue weighted by atomic mass is 10.1. The zero-order valence-corrected chi connectivity index (χ0v) is 15.8. The Labute approximate surface area is 167 Å². The summed E-state index contributed by atoms with van der Waals surface area (Å²) in [5.41, 5.74) is 9.12. The van der Waals surface area contributed by atoms with Gasteiger partial charge in [0.25, 0.3) is 0 Å². The standard InChI is InChI=1S/C21H19ClN6/c22-19-11-17-18(13-25-19)27-20(15-6-8-24-9-7-15)28-21(17)26-12-16(23)10-14-4-2-1-3-5-14/h1-9,11,13,16H,10,12,23H2,(H,26,27,28)/t16-/m0/s1. The van der Waals surface area contributed by atoms with Gasteiger partial charge in [-0.15, -0.1) is 0 Å². The van der Waals surface area contributed by atoms with Gasteiger partial charge < -0.3 is 11.1 Å². The quantitative estimate of drug-likeness (QED) is 0.488. The number of hydrogen-bond acceptors (Lipinski definition) is 6. The third-order valence-corrected chi connectivity index (χ3v) is 4.57. The second kappa shape index (κ2) is 8.29. The summed E-state index contributed by atoms with van der Waals surface area (Å²) in [6.45, 7) is 0.566. The van der Waals surface area contributed by atoms with Gasteiger partial charge in [0.1, 0.15) is 11.0 Å². The lowest BCUT2D eigenvalue weighted by Gasteiger charge is -2.15. The summed E-state index contributed by atoms with van der Waals surface area (Å²) >= 11 is 6.09. The first-order valence-electron chi connectivity index (χ1n) is 8.96. The van der Waals surface area contributed by atoms with Crippen LogP contribution >= 0.6 is 11.6 Å². The Hall–Kier alpha value is -3.09. The molecule has 0 bridgehead atoms. The van der Waals surface area contributed by atoms with Crippen LogP contribution in [0.15, 0.2) is 67.1 Å². The van der Waals surface area contributed by atoms with E-state index in [0.717, 1.165) is 17.4 Å². The highest BCUT2D eigenvalue weighted by Crippen LogP contribution is 2.26. The first-order chi connectivity index (χ1) is 13.7. The molecule has 0 radical (unpaired) electrons. The molecule has 0 saturated heterocycles. The molecule has 0 amide bonds. The van der Waals surface area contributed by atoms with Crippen LogP contribution in [0.1, 0.15) is 5.56 Å². The van der Waals surface area contributed by atoms with Crippen molar-refractivity contribution in [3.63, 3.8) is 0 Å². The molecule has 3 N–H and O–H groups in total. The largest absolute Gasteiger partial charge is 0.368 e. The van der Waals surface area contributed by atoms with E-state index < -0.39 is 0 Å². The Kier molecular flexibility index (Phi) is 5.41. The summed E-state index contributed by atoms with van der Waals surface area (Å²) < 4.78 is 0. The molecular weight excluding hydrogens is 372 g/mol. The summed E-state index contributed by atoms with van der Waals surface area (Å²) in [7, 11) is 0. The maximum Gasteiger partial charge on any atom is 0.162 e. The van der Waals surface area contributed by atoms with E-state index >= 15 is 0 Å². The summed E-state index contributed by atoms with van der Waals surface area (Å²) in [6, 6.07) is 15.6. The van der Waals surface area contributed by atoms with Crippen LogP contribution in [0.4, 0.5) is 5.82 Å². The van der Waals surface area contributed by atoms with Crippen molar-refractivity contribution in [2.75, 3.05) is 11.9 Å². The Morgan fingerprint density at radius 3 is 2.61 bits per heavy atom. The number of nitrogens with one attached hydrogen (secondary N) is 1. The minimum Gasteiger partial charge on any atom is -0.368 e. The second-order valence-corrected chi connectivity index (χ2v) is 6.87. The minimum absolute atomic E-state index is 0.0610. The first kappa shape index (κ1) is 18.3. The van der Waals surface area contributed by atoms with Gasteiger partial charge in [-0.2, -0.15) is 0 Å². The second-order valence-electron chi connectivity index (χ2n) is 6.49. The number of nitrogens with zero attached hydrogens (tertiary/aromatic N) is 4. The van der Waals surface area contributed by atoms with Crippen molar-refractivity contribution >= 4 is 28.3 Å². The van der Waals surface area contributed by atoms with Gasteiger partial charge in [0.05, 0.1) is 11.7 Å². The fraction of sp³-hybridized carbons (Fsp3) is 0.143. The summed E-state index contributed by atoms with van der Waals surface area (Å²) in [5, 5.41) is 4.57. The number of pyridine rings is 2. The lowest BCUT2D eigenvalue weighted by Crippen LogP contribution is -2.31. The van der Waals surface area contributed by atoms with Crippen LogP contribution in [0.25, 0.3) is 22.3 Å². The Morgan fingerprint density at radius 2 is 1.82 bits per heavy atom. The topological polar surface area (TPSA) is 89.6 Å². The highest BCUT2D eigenvalue weighted by atomic mass is 35.5. The highest BCUT2D eigenvalue weighted by Gasteiger charge is 2.12. The van der Waals surface area contributed by atoms with Crippen LogP contribution in [-0.4, -0.2) is 32.5 Å². The van der Waals surface area contributed by atoms with Gasteiger partial charge >= 0.3 is 0 Å². The number of hydrogen-bond donors (Lipinski definition) is 2. The van der Waals surface area contributed by atoms with Crippen LogP contribution in [0.5, 0.6) is 0 Å². The van der Waals surface area contributed by atoms with Crippen molar-refractivity contribution in [3.05, 3.63) is 77.8 Å². The third kappa shape index (κ3) is 4.24. The van der Waals surface area contributed by atoms with Gasteiger partial charge in [-0.25, -0.2) is 15.0 Å². The predicted molar refractivity (Wildman–Crippen MR) is 112 cm³/mol. The molecule has 28 heavy (non-hydrogen) atoms. The van der Waals surface area contributed by atoms with E-state index in [-0.39, 0.29) is 6.04 Å². The van der Waals surface area contributed by atoms with E-state index in [0.29, 0.717) is 28.9 Å². The number of anilines is 1. The molecule has 3 aromatic heterocycles. The van der Waals surface area contributed by atoms with Crippen molar-refractivity contribution < 1.29 is 0 Å². The molecule has 0 aliphatic heterocycles. The predicted octanol–water partition coefficient (Wildman–Crippen LogP) is 3.72. The number of nitrogens with two attached hydrogens (primary N) is 1. The normalized spacial score (nSPS) is 12.1. The average Bonchev–Trinajstić information content (AvgIpc) is 2.73. The van der Waals surface area contributed by atoms with Crippen molar-refractivity contribution in [2.24, 2.45) is 5.73 Å². The molecule has 1 aromatic carbocycles. The van der Waals surface area contributed by atoms with E-state index in [4.69, 9.17) is 22.3 Å². The summed E-state index contributed by atoms with van der Waals surface area (Å²) in [5.74, 6) is 1.28. The monoisotopic (exact) mass is 390 g/mol. The third-order valence-electron chi connectivity index (χ3n) is 4.36. The van der Waals surface area contributed by atoms with Gasteiger partial charge in [0.15, 0.2) is 5.82 Å². The fourth-order valence-corrected chi connectivity index (χ4v) is 3.15. The maximum absolute atomic E-state index is 6.32. The number of aromatic nitrogens is 4. The van der Waals surface area contributed by atoms with E-state index in [1.165, 1.54) is 5.56 Å². The maximum atomic E-state index is 6.32. The molecule has 0 aliphatic rings. The number of rotatable bonds is 6. The van der Waals surface area contributed by atoms with Crippen LogP contribution in [0, 0.1) is 0 Å². The number of benzene rings is 1. The highest BCUT2D eigenvalue weighted by molar-refractivity contribution is 6.30. The molecule has 4 rings (SSSR count). The molecule has 0 aliphatic carbocycles. The zero-order valence-electron chi connectivity index (χ0n) is 15.1. The van der Waals surface area contributed by atoms with Crippen molar-refractivity contribution in [2.45, 2.75) is 12.5 Å². The van der Waals surface area contributed by atoms with Gasteiger partial charge in [-0.1, -0.05) is 41.9 Å². The van der Waals surface area contributed by atoms with E-state index in [9.17, 15) is 0 Å². The molecule has 140 valence electrons. The average molecular weight is 391 g/mol. The lowest BCUT2D eigenvalue weighted by molar-refractivity contribution is 0.698. The fourth-order valence-electron chi connectivity index (χ4n) is 2.99. The van der Waals surface area contributed by atoms with Gasteiger partial charge in [0, 0.05) is 35.9 Å². The van der Waals surface area contributed by atoms with Crippen LogP contribution in [0.2, 0.25) is 5.15 Å². The molecule has 3 heterocycles. The van der Waals surface area contributed by atoms with E-state index in [1.54, 1.807) is 24.7 Å². The SMILES string of the molecule is N[C@H](CNc1nc(-c2ccncc2)nc2cnc(Cl)cc12)Cc1ccccc1. The van der Waals surface area contributed by atoms with Crippen LogP contribution < -0.4 is 11.1 Å². The molecule has 7 heteroatoms. The van der Waals surface area contributed by atoms with Crippen molar-refractivity contribution in [1.29, 1.82) is 0 Å². The van der Waals surface area contributed by atoms with Crippen LogP contribution in [-0.2, 0) is 6.42 Å². The summed E-state index contributed by atoms with van der Waals surface area (Å²) in [6.07, 6.45) is 5.85. The summed E-state index contributed by atoms with van der Waals surface area (Å²) in [4.78, 5) is 17.5.